The van der Waals surface area contributed by atoms with E-state index >= 15 is 0 Å². The average Bonchev–Trinajstić information content (AvgIpc) is 2.95. The Morgan fingerprint density at radius 2 is 2.00 bits per heavy atom. The smallest absolute Gasteiger partial charge is 0.261 e. The van der Waals surface area contributed by atoms with Crippen molar-refractivity contribution in [3.63, 3.8) is 0 Å². The molecule has 5 nitrogen and oxygen atoms in total. The molecule has 0 spiro atoms. The van der Waals surface area contributed by atoms with Crippen LogP contribution < -0.4 is 15.4 Å². The van der Waals surface area contributed by atoms with Gasteiger partial charge in [-0.1, -0.05) is 6.07 Å². The lowest BCUT2D eigenvalue weighted by atomic mass is 10.0. The topological polar surface area (TPSA) is 53.6 Å². The monoisotopic (exact) mass is 353 g/mol. The molecule has 2 heterocycles. The van der Waals surface area contributed by atoms with Gasteiger partial charge >= 0.3 is 0 Å². The molecule has 3 rings (SSSR count). The molecule has 0 saturated carbocycles. The zero-order valence-corrected chi connectivity index (χ0v) is 15.4. The SMILES string of the molecule is Cc1cc2c(cc1C)OC(C(=O)NCCCN1CCNCC1)C2.Cl. The summed E-state index contributed by atoms with van der Waals surface area (Å²) in [4.78, 5) is 14.7. The third-order valence-corrected chi connectivity index (χ3v) is 4.80. The average molecular weight is 354 g/mol. The molecule has 2 N–H and O–H groups in total. The van der Waals surface area contributed by atoms with Gasteiger partial charge in [0, 0.05) is 39.1 Å². The number of piperazine rings is 1. The molecule has 1 aromatic rings. The molecule has 24 heavy (non-hydrogen) atoms. The molecule has 1 atom stereocenters. The predicted octanol–water partition coefficient (Wildman–Crippen LogP) is 1.44. The van der Waals surface area contributed by atoms with Gasteiger partial charge in [-0.25, -0.2) is 0 Å². The summed E-state index contributed by atoms with van der Waals surface area (Å²) in [6.45, 7) is 10.3. The number of amides is 1. The van der Waals surface area contributed by atoms with Crippen molar-refractivity contribution in [2.24, 2.45) is 0 Å². The highest BCUT2D eigenvalue weighted by atomic mass is 35.5. The second-order valence-electron chi connectivity index (χ2n) is 6.59. The van der Waals surface area contributed by atoms with E-state index in [0.717, 1.165) is 57.0 Å². The van der Waals surface area contributed by atoms with Gasteiger partial charge in [0.1, 0.15) is 5.75 Å². The van der Waals surface area contributed by atoms with E-state index in [1.165, 1.54) is 11.1 Å². The molecule has 0 radical (unpaired) electrons. The van der Waals surface area contributed by atoms with Crippen LogP contribution in [-0.2, 0) is 11.2 Å². The van der Waals surface area contributed by atoms with Crippen LogP contribution >= 0.6 is 12.4 Å². The van der Waals surface area contributed by atoms with Gasteiger partial charge in [-0.05, 0) is 49.6 Å². The Morgan fingerprint density at radius 1 is 1.29 bits per heavy atom. The van der Waals surface area contributed by atoms with E-state index in [2.05, 4.69) is 35.4 Å². The fourth-order valence-corrected chi connectivity index (χ4v) is 3.22. The van der Waals surface area contributed by atoms with E-state index in [4.69, 9.17) is 4.74 Å². The van der Waals surface area contributed by atoms with Crippen LogP contribution in [0.5, 0.6) is 5.75 Å². The number of fused-ring (bicyclic) bond motifs is 1. The van der Waals surface area contributed by atoms with E-state index in [0.29, 0.717) is 6.42 Å². The first kappa shape index (κ1) is 19.0. The molecule has 134 valence electrons. The van der Waals surface area contributed by atoms with Crippen molar-refractivity contribution in [3.8, 4) is 5.75 Å². The number of benzene rings is 1. The third kappa shape index (κ3) is 4.62. The Hall–Kier alpha value is -1.30. The quantitative estimate of drug-likeness (QED) is 0.786. The summed E-state index contributed by atoms with van der Waals surface area (Å²) in [6.07, 6.45) is 1.30. The zero-order chi connectivity index (χ0) is 16.2. The summed E-state index contributed by atoms with van der Waals surface area (Å²) in [5, 5.41) is 6.37. The van der Waals surface area contributed by atoms with E-state index in [1.54, 1.807) is 0 Å². The second kappa shape index (κ2) is 8.70. The number of nitrogens with one attached hydrogen (secondary N) is 2. The maximum atomic E-state index is 12.3. The van der Waals surface area contributed by atoms with Crippen molar-refractivity contribution in [1.82, 2.24) is 15.5 Å². The van der Waals surface area contributed by atoms with Crippen LogP contribution in [0.2, 0.25) is 0 Å². The van der Waals surface area contributed by atoms with Crippen molar-refractivity contribution < 1.29 is 9.53 Å². The fraction of sp³-hybridized carbons (Fsp3) is 0.611. The van der Waals surface area contributed by atoms with Gasteiger partial charge in [-0.3, -0.25) is 4.79 Å². The van der Waals surface area contributed by atoms with Gasteiger partial charge in [0.25, 0.3) is 5.91 Å². The van der Waals surface area contributed by atoms with E-state index in [9.17, 15) is 4.79 Å². The molecule has 1 unspecified atom stereocenters. The molecule has 0 aromatic heterocycles. The number of hydrogen-bond acceptors (Lipinski definition) is 4. The predicted molar refractivity (Wildman–Crippen MR) is 98.2 cm³/mol. The lowest BCUT2D eigenvalue weighted by Gasteiger charge is -2.27. The van der Waals surface area contributed by atoms with Gasteiger partial charge in [0.2, 0.25) is 0 Å². The molecular weight excluding hydrogens is 326 g/mol. The number of halogens is 1. The van der Waals surface area contributed by atoms with Crippen LogP contribution in [-0.4, -0.2) is 56.2 Å². The minimum absolute atomic E-state index is 0. The number of nitrogens with zero attached hydrogens (tertiary/aromatic N) is 1. The number of rotatable bonds is 5. The van der Waals surface area contributed by atoms with Gasteiger partial charge in [0.15, 0.2) is 6.10 Å². The van der Waals surface area contributed by atoms with Crippen molar-refractivity contribution >= 4 is 18.3 Å². The molecule has 6 heteroatoms. The summed E-state index contributed by atoms with van der Waals surface area (Å²) in [7, 11) is 0. The molecule has 1 saturated heterocycles. The molecule has 2 aliphatic rings. The molecule has 1 fully saturated rings. The molecule has 2 aliphatic heterocycles. The van der Waals surface area contributed by atoms with Crippen LogP contribution in [0.25, 0.3) is 0 Å². The molecule has 1 aromatic carbocycles. The Balaban J connectivity index is 0.00000208. The first-order valence-electron chi connectivity index (χ1n) is 8.61. The van der Waals surface area contributed by atoms with Gasteiger partial charge in [-0.2, -0.15) is 0 Å². The standard InChI is InChI=1S/C18H27N3O2.ClH/c1-13-10-15-12-17(23-16(15)11-14(13)2)18(22)20-4-3-7-21-8-5-19-6-9-21;/h10-11,17,19H,3-9,12H2,1-2H3,(H,20,22);1H. The largest absolute Gasteiger partial charge is 0.480 e. The number of hydrogen-bond donors (Lipinski definition) is 2. The Bertz CT molecular complexity index is 543. The van der Waals surface area contributed by atoms with Crippen molar-refractivity contribution in [3.05, 3.63) is 28.8 Å². The number of ether oxygens (including phenoxy) is 1. The lowest BCUT2D eigenvalue weighted by Crippen LogP contribution is -2.44. The van der Waals surface area contributed by atoms with Crippen molar-refractivity contribution in [1.29, 1.82) is 0 Å². The molecule has 1 amide bonds. The first-order chi connectivity index (χ1) is 11.1. The Kier molecular flexibility index (Phi) is 6.90. The highest BCUT2D eigenvalue weighted by Gasteiger charge is 2.29. The van der Waals surface area contributed by atoms with E-state index in [-0.39, 0.29) is 24.4 Å². The van der Waals surface area contributed by atoms with Gasteiger partial charge < -0.3 is 20.3 Å². The fourth-order valence-electron chi connectivity index (χ4n) is 3.22. The van der Waals surface area contributed by atoms with Gasteiger partial charge in [0.05, 0.1) is 0 Å². The van der Waals surface area contributed by atoms with Crippen LogP contribution in [0.4, 0.5) is 0 Å². The van der Waals surface area contributed by atoms with Crippen molar-refractivity contribution in [2.75, 3.05) is 39.3 Å². The minimum Gasteiger partial charge on any atom is -0.480 e. The summed E-state index contributed by atoms with van der Waals surface area (Å²) < 4.78 is 5.82. The minimum atomic E-state index is -0.370. The zero-order valence-electron chi connectivity index (χ0n) is 14.6. The van der Waals surface area contributed by atoms with Crippen LogP contribution in [0, 0.1) is 13.8 Å². The normalized spacial score (nSPS) is 20.0. The summed E-state index contributed by atoms with van der Waals surface area (Å²) in [6, 6.07) is 4.19. The van der Waals surface area contributed by atoms with Crippen molar-refractivity contribution in [2.45, 2.75) is 32.8 Å². The Labute approximate surface area is 150 Å². The Morgan fingerprint density at radius 3 is 2.75 bits per heavy atom. The highest BCUT2D eigenvalue weighted by Crippen LogP contribution is 2.31. The highest BCUT2D eigenvalue weighted by molar-refractivity contribution is 5.85. The number of aryl methyl sites for hydroxylation is 2. The number of carbonyl (C=O) groups excluding carboxylic acids is 1. The van der Waals surface area contributed by atoms with Gasteiger partial charge in [-0.15, -0.1) is 12.4 Å². The summed E-state index contributed by atoms with van der Waals surface area (Å²) >= 11 is 0. The van der Waals surface area contributed by atoms with Crippen LogP contribution in [0.1, 0.15) is 23.1 Å². The molecular formula is C18H28ClN3O2. The molecule has 0 bridgehead atoms. The summed E-state index contributed by atoms with van der Waals surface area (Å²) in [5.74, 6) is 0.880. The van der Waals surface area contributed by atoms with E-state index in [1.807, 2.05) is 6.07 Å². The lowest BCUT2D eigenvalue weighted by molar-refractivity contribution is -0.127. The van der Waals surface area contributed by atoms with Crippen LogP contribution in [0.3, 0.4) is 0 Å². The maximum absolute atomic E-state index is 12.3. The number of carbonyl (C=O) groups is 1. The third-order valence-electron chi connectivity index (χ3n) is 4.80. The molecule has 0 aliphatic carbocycles. The van der Waals surface area contributed by atoms with Crippen LogP contribution in [0.15, 0.2) is 12.1 Å². The summed E-state index contributed by atoms with van der Waals surface area (Å²) in [5.41, 5.74) is 3.61. The first-order valence-corrected chi connectivity index (χ1v) is 8.61. The maximum Gasteiger partial charge on any atom is 0.261 e. The second-order valence-corrected chi connectivity index (χ2v) is 6.59. The van der Waals surface area contributed by atoms with E-state index < -0.39 is 0 Å².